The monoisotopic (exact) mass is 334 g/mol. The maximum atomic E-state index is 13.7. The van der Waals surface area contributed by atoms with Gasteiger partial charge in [-0.1, -0.05) is 47.5 Å². The molecule has 0 radical (unpaired) electrons. The Morgan fingerprint density at radius 3 is 1.18 bits per heavy atom. The van der Waals surface area contributed by atoms with Gasteiger partial charge in [0.25, 0.3) is 0 Å². The lowest BCUT2D eigenvalue weighted by atomic mass is 9.94. The maximum Gasteiger partial charge on any atom is 0.159 e. The molecule has 0 N–H and O–H groups in total. The summed E-state index contributed by atoms with van der Waals surface area (Å²) in [6, 6.07) is 16.3. The molecule has 0 atom stereocenters. The summed E-state index contributed by atoms with van der Waals surface area (Å²) in [5.74, 6) is -1.77. The minimum absolute atomic E-state index is 0.583. The van der Waals surface area contributed by atoms with E-state index in [1.165, 1.54) is 12.1 Å². The van der Waals surface area contributed by atoms with Crippen molar-refractivity contribution in [1.29, 1.82) is 0 Å². The van der Waals surface area contributed by atoms with Crippen LogP contribution >= 0.6 is 23.2 Å². The molecule has 0 nitrogen and oxygen atoms in total. The summed E-state index contributed by atoms with van der Waals surface area (Å²) in [4.78, 5) is 0. The summed E-state index contributed by atoms with van der Waals surface area (Å²) in [7, 11) is 0. The third-order valence-corrected chi connectivity index (χ3v) is 3.87. The van der Waals surface area contributed by atoms with Crippen molar-refractivity contribution in [2.24, 2.45) is 0 Å². The molecule has 3 aromatic rings. The number of hydrogen-bond donors (Lipinski definition) is 0. The predicted molar refractivity (Wildman–Crippen MR) is 87.3 cm³/mol. The summed E-state index contributed by atoms with van der Waals surface area (Å²) in [5.41, 5.74) is 2.71. The second-order valence-corrected chi connectivity index (χ2v) is 5.70. The normalized spacial score (nSPS) is 10.7. The first-order valence-corrected chi connectivity index (χ1v) is 7.31. The first-order chi connectivity index (χ1) is 10.5. The Bertz CT molecular complexity index is 739. The summed E-state index contributed by atoms with van der Waals surface area (Å²) in [6.45, 7) is 0. The smallest absolute Gasteiger partial charge is 0.159 e. The molecule has 0 aliphatic heterocycles. The van der Waals surface area contributed by atoms with Crippen LogP contribution in [0.2, 0.25) is 10.0 Å². The molecule has 3 rings (SSSR count). The molecule has 4 heteroatoms. The summed E-state index contributed by atoms with van der Waals surface area (Å²) in [5, 5.41) is 1.17. The number of rotatable bonds is 2. The highest BCUT2D eigenvalue weighted by molar-refractivity contribution is 6.31. The van der Waals surface area contributed by atoms with E-state index < -0.39 is 11.6 Å². The zero-order valence-electron chi connectivity index (χ0n) is 11.3. The van der Waals surface area contributed by atoms with Gasteiger partial charge in [0.2, 0.25) is 0 Å². The first-order valence-electron chi connectivity index (χ1n) is 6.55. The van der Waals surface area contributed by atoms with E-state index >= 15 is 0 Å². The van der Waals surface area contributed by atoms with Gasteiger partial charge in [-0.3, -0.25) is 0 Å². The summed E-state index contributed by atoms with van der Waals surface area (Å²) in [6.07, 6.45) is 0. The number of halogens is 4. The van der Waals surface area contributed by atoms with Gasteiger partial charge in [0, 0.05) is 10.0 Å². The molecule has 0 heterocycles. The summed E-state index contributed by atoms with van der Waals surface area (Å²) >= 11 is 11.8. The van der Waals surface area contributed by atoms with Crippen molar-refractivity contribution in [3.63, 3.8) is 0 Å². The van der Waals surface area contributed by atoms with E-state index in [4.69, 9.17) is 23.2 Å². The van der Waals surface area contributed by atoms with Crippen LogP contribution in [0.15, 0.2) is 60.7 Å². The highest BCUT2D eigenvalue weighted by Crippen LogP contribution is 2.34. The van der Waals surface area contributed by atoms with E-state index in [9.17, 15) is 8.78 Å². The third-order valence-electron chi connectivity index (χ3n) is 3.37. The van der Waals surface area contributed by atoms with Crippen LogP contribution in [0.25, 0.3) is 22.3 Å². The molecule has 0 fully saturated rings. The van der Waals surface area contributed by atoms with Crippen LogP contribution in [-0.2, 0) is 0 Å². The lowest BCUT2D eigenvalue weighted by Gasteiger charge is -2.11. The highest BCUT2D eigenvalue weighted by Gasteiger charge is 2.13. The van der Waals surface area contributed by atoms with Crippen molar-refractivity contribution in [2.75, 3.05) is 0 Å². The number of benzene rings is 3. The predicted octanol–water partition coefficient (Wildman–Crippen LogP) is 6.61. The second-order valence-electron chi connectivity index (χ2n) is 4.83. The zero-order valence-corrected chi connectivity index (χ0v) is 12.8. The molecular weight excluding hydrogens is 325 g/mol. The van der Waals surface area contributed by atoms with Crippen molar-refractivity contribution in [3.05, 3.63) is 82.3 Å². The quantitative estimate of drug-likeness (QED) is 0.494. The molecule has 110 valence electrons. The van der Waals surface area contributed by atoms with Gasteiger partial charge in [0.05, 0.1) is 0 Å². The first kappa shape index (κ1) is 15.0. The van der Waals surface area contributed by atoms with Gasteiger partial charge in [0.1, 0.15) is 0 Å². The molecule has 22 heavy (non-hydrogen) atoms. The van der Waals surface area contributed by atoms with Crippen molar-refractivity contribution < 1.29 is 8.78 Å². The van der Waals surface area contributed by atoms with Crippen LogP contribution in [0.4, 0.5) is 8.78 Å². The van der Waals surface area contributed by atoms with Crippen molar-refractivity contribution >= 4 is 23.2 Å². The average molecular weight is 335 g/mol. The van der Waals surface area contributed by atoms with Gasteiger partial charge >= 0.3 is 0 Å². The second kappa shape index (κ2) is 6.07. The highest BCUT2D eigenvalue weighted by atomic mass is 35.5. The van der Waals surface area contributed by atoms with Crippen LogP contribution < -0.4 is 0 Å². The van der Waals surface area contributed by atoms with E-state index in [2.05, 4.69) is 0 Å². The molecule has 0 spiro atoms. The van der Waals surface area contributed by atoms with E-state index in [0.29, 0.717) is 21.2 Å². The van der Waals surface area contributed by atoms with Gasteiger partial charge in [-0.25, -0.2) is 8.78 Å². The molecule has 0 bridgehead atoms. The fraction of sp³-hybridized carbons (Fsp3) is 0. The largest absolute Gasteiger partial charge is 0.204 e. The van der Waals surface area contributed by atoms with E-state index in [1.54, 1.807) is 48.5 Å². The summed E-state index contributed by atoms with van der Waals surface area (Å²) < 4.78 is 27.4. The fourth-order valence-electron chi connectivity index (χ4n) is 2.28. The van der Waals surface area contributed by atoms with Gasteiger partial charge < -0.3 is 0 Å². The van der Waals surface area contributed by atoms with Crippen LogP contribution in [0, 0.1) is 11.6 Å². The van der Waals surface area contributed by atoms with Gasteiger partial charge in [-0.2, -0.15) is 0 Å². The van der Waals surface area contributed by atoms with Crippen molar-refractivity contribution in [1.82, 2.24) is 0 Å². The molecule has 0 aliphatic carbocycles. The van der Waals surface area contributed by atoms with Gasteiger partial charge in [0.15, 0.2) is 11.6 Å². The number of hydrogen-bond acceptors (Lipinski definition) is 0. The minimum atomic E-state index is -0.886. The Labute approximate surface area is 136 Å². The minimum Gasteiger partial charge on any atom is -0.204 e. The Morgan fingerprint density at radius 1 is 0.545 bits per heavy atom. The molecule has 0 unspecified atom stereocenters. The SMILES string of the molecule is Fc1cc(-c2ccc(Cl)cc2)c(-c2ccc(Cl)cc2)cc1F. The fourth-order valence-corrected chi connectivity index (χ4v) is 2.54. The zero-order chi connectivity index (χ0) is 15.7. The van der Waals surface area contributed by atoms with E-state index in [1.807, 2.05) is 0 Å². The Morgan fingerprint density at radius 2 is 0.864 bits per heavy atom. The molecule has 0 aromatic heterocycles. The van der Waals surface area contributed by atoms with E-state index in [-0.39, 0.29) is 0 Å². The van der Waals surface area contributed by atoms with Gasteiger partial charge in [-0.15, -0.1) is 0 Å². The van der Waals surface area contributed by atoms with E-state index in [0.717, 1.165) is 11.1 Å². The lowest BCUT2D eigenvalue weighted by Crippen LogP contribution is -1.91. The van der Waals surface area contributed by atoms with Crippen molar-refractivity contribution in [2.45, 2.75) is 0 Å². The van der Waals surface area contributed by atoms with Crippen LogP contribution in [0.1, 0.15) is 0 Å². The van der Waals surface area contributed by atoms with Crippen LogP contribution in [0.3, 0.4) is 0 Å². The molecule has 3 aromatic carbocycles. The average Bonchev–Trinajstić information content (AvgIpc) is 2.51. The molecule has 0 saturated carbocycles. The third kappa shape index (κ3) is 2.99. The molecule has 0 aliphatic rings. The Kier molecular flexibility index (Phi) is 4.14. The Balaban J connectivity index is 2.22. The molecule has 0 amide bonds. The maximum absolute atomic E-state index is 13.7. The van der Waals surface area contributed by atoms with Crippen LogP contribution in [0.5, 0.6) is 0 Å². The van der Waals surface area contributed by atoms with Crippen molar-refractivity contribution in [3.8, 4) is 22.3 Å². The van der Waals surface area contributed by atoms with Gasteiger partial charge in [-0.05, 0) is 58.7 Å². The topological polar surface area (TPSA) is 0 Å². The Hall–Kier alpha value is -1.90. The standard InChI is InChI=1S/C18H10Cl2F2/c19-13-5-1-11(2-6-13)15-9-17(21)18(22)10-16(15)12-3-7-14(20)8-4-12/h1-10H. The molecular formula is C18H10Cl2F2. The van der Waals surface area contributed by atoms with Crippen LogP contribution in [-0.4, -0.2) is 0 Å². The molecule has 0 saturated heterocycles. The lowest BCUT2D eigenvalue weighted by molar-refractivity contribution is 0.509.